The summed E-state index contributed by atoms with van der Waals surface area (Å²) in [6.07, 6.45) is 1.71. The molecule has 3 nitrogen and oxygen atoms in total. The van der Waals surface area contributed by atoms with Gasteiger partial charge in [-0.05, 0) is 29.8 Å². The van der Waals surface area contributed by atoms with Gasteiger partial charge in [0.05, 0.1) is 11.7 Å². The zero-order valence-corrected chi connectivity index (χ0v) is 10.2. The maximum absolute atomic E-state index is 6.12. The van der Waals surface area contributed by atoms with E-state index < -0.39 is 0 Å². The minimum atomic E-state index is -0.274. The van der Waals surface area contributed by atoms with Crippen LogP contribution in [0.25, 0.3) is 0 Å². The molecule has 0 aliphatic heterocycles. The summed E-state index contributed by atoms with van der Waals surface area (Å²) in [6.45, 7) is 0. The minimum Gasteiger partial charge on any atom is -0.319 e. The van der Waals surface area contributed by atoms with E-state index in [-0.39, 0.29) is 6.04 Å². The molecule has 2 N–H and O–H groups in total. The highest BCUT2D eigenvalue weighted by Gasteiger charge is 2.13. The Morgan fingerprint density at radius 1 is 1.25 bits per heavy atom. The Labute approximate surface area is 104 Å². The molecule has 1 heterocycles. The van der Waals surface area contributed by atoms with E-state index in [1.807, 2.05) is 25.2 Å². The van der Waals surface area contributed by atoms with Gasteiger partial charge in [-0.1, -0.05) is 23.2 Å². The van der Waals surface area contributed by atoms with Crippen LogP contribution in [0.5, 0.6) is 0 Å². The molecule has 0 bridgehead atoms. The van der Waals surface area contributed by atoms with Crippen LogP contribution < -0.4 is 5.73 Å². The van der Waals surface area contributed by atoms with E-state index in [1.165, 1.54) is 0 Å². The molecule has 1 unspecified atom stereocenters. The smallest absolute Gasteiger partial charge is 0.0724 e. The predicted molar refractivity (Wildman–Crippen MR) is 65.7 cm³/mol. The molecule has 5 heteroatoms. The van der Waals surface area contributed by atoms with E-state index in [2.05, 4.69) is 5.10 Å². The van der Waals surface area contributed by atoms with Crippen LogP contribution in [0, 0.1) is 0 Å². The topological polar surface area (TPSA) is 43.8 Å². The largest absolute Gasteiger partial charge is 0.319 e. The monoisotopic (exact) mass is 255 g/mol. The van der Waals surface area contributed by atoms with E-state index in [0.29, 0.717) is 10.0 Å². The lowest BCUT2D eigenvalue weighted by Crippen LogP contribution is -2.15. The standard InChI is InChI=1S/C11H11Cl2N3/c1-16-10(2-3-15-16)11(14)7-4-8(12)6-9(13)5-7/h2-6,11H,14H2,1H3. The number of rotatable bonds is 2. The van der Waals surface area contributed by atoms with E-state index >= 15 is 0 Å². The third-order valence-electron chi connectivity index (χ3n) is 2.42. The number of nitrogens with two attached hydrogens (primary N) is 1. The Morgan fingerprint density at radius 2 is 1.88 bits per heavy atom. The summed E-state index contributed by atoms with van der Waals surface area (Å²) in [7, 11) is 1.85. The summed E-state index contributed by atoms with van der Waals surface area (Å²) >= 11 is 11.9. The van der Waals surface area contributed by atoms with Crippen molar-refractivity contribution in [2.45, 2.75) is 6.04 Å². The zero-order chi connectivity index (χ0) is 11.7. The quantitative estimate of drug-likeness (QED) is 0.897. The third-order valence-corrected chi connectivity index (χ3v) is 2.86. The highest BCUT2D eigenvalue weighted by atomic mass is 35.5. The molecule has 0 aliphatic carbocycles. The minimum absolute atomic E-state index is 0.274. The van der Waals surface area contributed by atoms with Crippen LogP contribution in [0.4, 0.5) is 0 Å². The van der Waals surface area contributed by atoms with Gasteiger partial charge in [-0.25, -0.2) is 0 Å². The lowest BCUT2D eigenvalue weighted by Gasteiger charge is -2.13. The number of hydrogen-bond donors (Lipinski definition) is 1. The predicted octanol–water partition coefficient (Wildman–Crippen LogP) is 2.78. The molecule has 0 saturated carbocycles. The molecule has 0 radical (unpaired) electrons. The van der Waals surface area contributed by atoms with Gasteiger partial charge in [-0.15, -0.1) is 0 Å². The molecule has 0 aliphatic rings. The van der Waals surface area contributed by atoms with Gasteiger partial charge in [0.1, 0.15) is 0 Å². The molecule has 0 spiro atoms. The highest BCUT2D eigenvalue weighted by Crippen LogP contribution is 2.25. The molecule has 0 amide bonds. The van der Waals surface area contributed by atoms with Crippen molar-refractivity contribution >= 4 is 23.2 Å². The average Bonchev–Trinajstić information content (AvgIpc) is 2.62. The summed E-state index contributed by atoms with van der Waals surface area (Å²) < 4.78 is 1.74. The second kappa shape index (κ2) is 4.45. The van der Waals surface area contributed by atoms with Crippen LogP contribution in [0.15, 0.2) is 30.5 Å². The molecule has 16 heavy (non-hydrogen) atoms. The number of nitrogens with zero attached hydrogens (tertiary/aromatic N) is 2. The summed E-state index contributed by atoms with van der Waals surface area (Å²) in [5.74, 6) is 0. The number of benzene rings is 1. The van der Waals surface area contributed by atoms with Crippen LogP contribution in [-0.2, 0) is 7.05 Å². The summed E-state index contributed by atoms with van der Waals surface area (Å²) in [5.41, 5.74) is 7.91. The zero-order valence-electron chi connectivity index (χ0n) is 8.69. The Kier molecular flexibility index (Phi) is 3.19. The van der Waals surface area contributed by atoms with E-state index in [4.69, 9.17) is 28.9 Å². The molecule has 0 fully saturated rings. The van der Waals surface area contributed by atoms with Crippen molar-refractivity contribution in [1.82, 2.24) is 9.78 Å². The van der Waals surface area contributed by atoms with Crippen molar-refractivity contribution in [2.75, 3.05) is 0 Å². The molecule has 2 rings (SSSR count). The van der Waals surface area contributed by atoms with Gasteiger partial charge in [0.15, 0.2) is 0 Å². The van der Waals surface area contributed by atoms with Crippen LogP contribution in [0.1, 0.15) is 17.3 Å². The Balaban J connectivity index is 2.41. The number of halogens is 2. The SMILES string of the molecule is Cn1nccc1C(N)c1cc(Cl)cc(Cl)c1. The Hall–Kier alpha value is -1.03. The second-order valence-electron chi connectivity index (χ2n) is 3.56. The molecule has 0 saturated heterocycles. The molecular weight excluding hydrogens is 245 g/mol. The number of aromatic nitrogens is 2. The average molecular weight is 256 g/mol. The van der Waals surface area contributed by atoms with E-state index in [9.17, 15) is 0 Å². The molecule has 1 aromatic heterocycles. The van der Waals surface area contributed by atoms with Crippen LogP contribution in [-0.4, -0.2) is 9.78 Å². The summed E-state index contributed by atoms with van der Waals surface area (Å²) in [5, 5.41) is 5.25. The maximum Gasteiger partial charge on any atom is 0.0724 e. The lowest BCUT2D eigenvalue weighted by atomic mass is 10.0. The normalized spacial score (nSPS) is 12.8. The van der Waals surface area contributed by atoms with Crippen molar-refractivity contribution in [1.29, 1.82) is 0 Å². The van der Waals surface area contributed by atoms with E-state index in [0.717, 1.165) is 11.3 Å². The van der Waals surface area contributed by atoms with Gasteiger partial charge in [0.25, 0.3) is 0 Å². The third kappa shape index (κ3) is 2.21. The Bertz CT molecular complexity index is 487. The van der Waals surface area contributed by atoms with E-state index in [1.54, 1.807) is 16.9 Å². The summed E-state index contributed by atoms with van der Waals surface area (Å²) in [4.78, 5) is 0. The fourth-order valence-corrected chi connectivity index (χ4v) is 2.16. The van der Waals surface area contributed by atoms with Crippen LogP contribution >= 0.6 is 23.2 Å². The highest BCUT2D eigenvalue weighted by molar-refractivity contribution is 6.34. The first-order valence-electron chi connectivity index (χ1n) is 4.77. The molecule has 1 atom stereocenters. The van der Waals surface area contributed by atoms with Crippen LogP contribution in [0.2, 0.25) is 10.0 Å². The maximum atomic E-state index is 6.12. The van der Waals surface area contributed by atoms with Gasteiger partial charge in [-0.2, -0.15) is 5.10 Å². The van der Waals surface area contributed by atoms with Crippen molar-refractivity contribution in [3.8, 4) is 0 Å². The van der Waals surface area contributed by atoms with Gasteiger partial charge in [0.2, 0.25) is 0 Å². The first kappa shape index (κ1) is 11.5. The number of aryl methyl sites for hydroxylation is 1. The second-order valence-corrected chi connectivity index (χ2v) is 4.43. The van der Waals surface area contributed by atoms with Crippen molar-refractivity contribution < 1.29 is 0 Å². The molecule has 84 valence electrons. The molecule has 1 aromatic carbocycles. The van der Waals surface area contributed by atoms with Gasteiger partial charge in [-0.3, -0.25) is 4.68 Å². The summed E-state index contributed by atoms with van der Waals surface area (Å²) in [6, 6.07) is 6.90. The number of hydrogen-bond acceptors (Lipinski definition) is 2. The first-order valence-corrected chi connectivity index (χ1v) is 5.53. The van der Waals surface area contributed by atoms with Crippen molar-refractivity contribution in [3.63, 3.8) is 0 Å². The van der Waals surface area contributed by atoms with Crippen molar-refractivity contribution in [3.05, 3.63) is 51.8 Å². The fraction of sp³-hybridized carbons (Fsp3) is 0.182. The van der Waals surface area contributed by atoms with Gasteiger partial charge < -0.3 is 5.73 Å². The Morgan fingerprint density at radius 3 is 2.38 bits per heavy atom. The van der Waals surface area contributed by atoms with Crippen molar-refractivity contribution in [2.24, 2.45) is 12.8 Å². The fourth-order valence-electron chi connectivity index (χ4n) is 1.61. The first-order chi connectivity index (χ1) is 7.58. The molecule has 2 aromatic rings. The van der Waals surface area contributed by atoms with Crippen LogP contribution in [0.3, 0.4) is 0 Å². The lowest BCUT2D eigenvalue weighted by molar-refractivity contribution is 0.673. The van der Waals surface area contributed by atoms with Gasteiger partial charge in [0, 0.05) is 23.3 Å². The van der Waals surface area contributed by atoms with Gasteiger partial charge >= 0.3 is 0 Å². The molecular formula is C11H11Cl2N3.